The number of nitrogens with zero attached hydrogens (tertiary/aromatic N) is 4. The van der Waals surface area contributed by atoms with E-state index in [1.165, 1.54) is 0 Å². The number of rotatable bonds is 5. The minimum absolute atomic E-state index is 0.213. The third-order valence-electron chi connectivity index (χ3n) is 3.56. The quantitative estimate of drug-likeness (QED) is 0.741. The Labute approximate surface area is 145 Å². The highest BCUT2D eigenvalue weighted by Crippen LogP contribution is 2.28. The number of hydrogen-bond donors (Lipinski definition) is 2. The van der Waals surface area contributed by atoms with Gasteiger partial charge in [-0.1, -0.05) is 23.7 Å². The Bertz CT molecular complexity index is 838. The number of hydrogen-bond acceptors (Lipinski definition) is 6. The molecule has 0 fully saturated rings. The van der Waals surface area contributed by atoms with Crippen LogP contribution >= 0.6 is 11.6 Å². The van der Waals surface area contributed by atoms with E-state index in [4.69, 9.17) is 17.3 Å². The smallest absolute Gasteiger partial charge is 0.222 e. The number of aromatic nitrogens is 4. The van der Waals surface area contributed by atoms with Gasteiger partial charge in [0.25, 0.3) is 0 Å². The Hall–Kier alpha value is -2.73. The van der Waals surface area contributed by atoms with Crippen molar-refractivity contribution in [1.29, 1.82) is 0 Å². The highest BCUT2D eigenvalue weighted by atomic mass is 35.5. The number of benzene rings is 1. The van der Waals surface area contributed by atoms with Crippen molar-refractivity contribution in [3.63, 3.8) is 0 Å². The lowest BCUT2D eigenvalue weighted by Crippen LogP contribution is -2.10. The molecule has 2 heterocycles. The minimum atomic E-state index is 0.213. The summed E-state index contributed by atoms with van der Waals surface area (Å²) in [6, 6.07) is 9.36. The van der Waals surface area contributed by atoms with Gasteiger partial charge in [0, 0.05) is 42.0 Å². The first-order valence-corrected chi connectivity index (χ1v) is 7.91. The summed E-state index contributed by atoms with van der Waals surface area (Å²) >= 11 is 6.19. The minimum Gasteiger partial charge on any atom is -0.369 e. The highest BCUT2D eigenvalue weighted by molar-refractivity contribution is 6.31. The molecule has 0 spiro atoms. The van der Waals surface area contributed by atoms with Crippen LogP contribution in [0.15, 0.2) is 42.7 Å². The van der Waals surface area contributed by atoms with Crippen LogP contribution in [0.5, 0.6) is 0 Å². The highest BCUT2D eigenvalue weighted by Gasteiger charge is 2.09. The van der Waals surface area contributed by atoms with Crippen LogP contribution in [0.1, 0.15) is 11.4 Å². The van der Waals surface area contributed by atoms with Crippen LogP contribution in [-0.2, 0) is 6.42 Å². The van der Waals surface area contributed by atoms with E-state index in [1.807, 2.05) is 31.2 Å². The monoisotopic (exact) mass is 340 g/mol. The van der Waals surface area contributed by atoms with Crippen molar-refractivity contribution in [3.8, 4) is 11.3 Å². The van der Waals surface area contributed by atoms with Gasteiger partial charge in [0.2, 0.25) is 5.95 Å². The Morgan fingerprint density at radius 1 is 1.12 bits per heavy atom. The standard InChI is InChI=1S/C17H17ClN6/c1-11-12(4-2-5-13(11)18)14-10-16(24-17(19)23-14)22-9-6-15-20-7-3-8-21-15/h2-5,7-8,10H,6,9H2,1H3,(H3,19,22,23,24). The zero-order chi connectivity index (χ0) is 16.9. The average Bonchev–Trinajstić information content (AvgIpc) is 2.58. The molecule has 0 radical (unpaired) electrons. The fourth-order valence-electron chi connectivity index (χ4n) is 2.34. The maximum atomic E-state index is 6.19. The molecular weight excluding hydrogens is 324 g/mol. The number of halogens is 1. The summed E-state index contributed by atoms with van der Waals surface area (Å²) < 4.78 is 0. The van der Waals surface area contributed by atoms with Crippen molar-refractivity contribution in [2.45, 2.75) is 13.3 Å². The molecule has 6 nitrogen and oxygen atoms in total. The second-order valence-corrected chi connectivity index (χ2v) is 5.66. The van der Waals surface area contributed by atoms with Crippen LogP contribution in [0.25, 0.3) is 11.3 Å². The number of anilines is 2. The zero-order valence-corrected chi connectivity index (χ0v) is 14.0. The molecule has 122 valence electrons. The summed E-state index contributed by atoms with van der Waals surface area (Å²) in [5.41, 5.74) is 8.48. The third-order valence-corrected chi connectivity index (χ3v) is 3.97. The molecule has 0 unspecified atom stereocenters. The van der Waals surface area contributed by atoms with Crippen molar-refractivity contribution >= 4 is 23.4 Å². The molecule has 0 aliphatic carbocycles. The summed E-state index contributed by atoms with van der Waals surface area (Å²) in [4.78, 5) is 16.9. The van der Waals surface area contributed by atoms with Crippen molar-refractivity contribution in [1.82, 2.24) is 19.9 Å². The summed E-state index contributed by atoms with van der Waals surface area (Å²) in [6.07, 6.45) is 4.15. The van der Waals surface area contributed by atoms with E-state index in [0.29, 0.717) is 23.8 Å². The largest absolute Gasteiger partial charge is 0.369 e. The fraction of sp³-hybridized carbons (Fsp3) is 0.176. The number of nitrogens with one attached hydrogen (secondary N) is 1. The van der Waals surface area contributed by atoms with Gasteiger partial charge in [0.05, 0.1) is 5.69 Å². The Balaban J connectivity index is 1.78. The topological polar surface area (TPSA) is 89.6 Å². The van der Waals surface area contributed by atoms with Gasteiger partial charge in [-0.2, -0.15) is 4.98 Å². The van der Waals surface area contributed by atoms with Gasteiger partial charge in [-0.15, -0.1) is 0 Å². The first-order valence-electron chi connectivity index (χ1n) is 7.53. The molecule has 0 saturated carbocycles. The fourth-order valence-corrected chi connectivity index (χ4v) is 2.52. The van der Waals surface area contributed by atoms with Gasteiger partial charge >= 0.3 is 0 Å². The van der Waals surface area contributed by atoms with Gasteiger partial charge in [0.1, 0.15) is 11.6 Å². The summed E-state index contributed by atoms with van der Waals surface area (Å²) in [5, 5.41) is 3.93. The molecule has 24 heavy (non-hydrogen) atoms. The molecule has 0 saturated heterocycles. The molecule has 3 N–H and O–H groups in total. The first kappa shape index (κ1) is 16.1. The van der Waals surface area contributed by atoms with Crippen LogP contribution in [0.4, 0.5) is 11.8 Å². The van der Waals surface area contributed by atoms with Gasteiger partial charge in [-0.25, -0.2) is 15.0 Å². The van der Waals surface area contributed by atoms with E-state index >= 15 is 0 Å². The third kappa shape index (κ3) is 3.78. The molecule has 0 atom stereocenters. The molecule has 0 amide bonds. The summed E-state index contributed by atoms with van der Waals surface area (Å²) in [5.74, 6) is 1.65. The van der Waals surface area contributed by atoms with Crippen molar-refractivity contribution in [3.05, 3.63) is 59.1 Å². The molecule has 3 aromatic rings. The normalized spacial score (nSPS) is 10.6. The van der Waals surface area contributed by atoms with E-state index in [1.54, 1.807) is 18.5 Å². The predicted molar refractivity (Wildman–Crippen MR) is 95.9 cm³/mol. The Kier molecular flexibility index (Phi) is 4.86. The predicted octanol–water partition coefficient (Wildman–Crippen LogP) is 3.13. The second-order valence-electron chi connectivity index (χ2n) is 5.25. The van der Waals surface area contributed by atoms with E-state index < -0.39 is 0 Å². The maximum Gasteiger partial charge on any atom is 0.222 e. The van der Waals surface area contributed by atoms with Crippen LogP contribution in [0, 0.1) is 6.92 Å². The zero-order valence-electron chi connectivity index (χ0n) is 13.2. The molecule has 2 aromatic heterocycles. The number of nitrogen functional groups attached to an aromatic ring is 1. The van der Waals surface area contributed by atoms with E-state index in [0.717, 1.165) is 22.6 Å². The van der Waals surface area contributed by atoms with Crippen molar-refractivity contribution in [2.24, 2.45) is 0 Å². The summed E-state index contributed by atoms with van der Waals surface area (Å²) in [6.45, 7) is 2.60. The molecule has 7 heteroatoms. The van der Waals surface area contributed by atoms with Crippen LogP contribution < -0.4 is 11.1 Å². The maximum absolute atomic E-state index is 6.19. The van der Waals surface area contributed by atoms with Gasteiger partial charge in [-0.3, -0.25) is 0 Å². The van der Waals surface area contributed by atoms with Gasteiger partial charge in [-0.05, 0) is 24.6 Å². The Morgan fingerprint density at radius 3 is 2.71 bits per heavy atom. The van der Waals surface area contributed by atoms with Crippen LogP contribution in [0.2, 0.25) is 5.02 Å². The van der Waals surface area contributed by atoms with Crippen molar-refractivity contribution < 1.29 is 0 Å². The molecular formula is C17H17ClN6. The molecule has 0 bridgehead atoms. The lowest BCUT2D eigenvalue weighted by molar-refractivity contribution is 0.889. The molecule has 0 aliphatic heterocycles. The van der Waals surface area contributed by atoms with Crippen LogP contribution in [-0.4, -0.2) is 26.5 Å². The molecule has 0 aliphatic rings. The van der Waals surface area contributed by atoms with E-state index in [2.05, 4.69) is 25.3 Å². The summed E-state index contributed by atoms with van der Waals surface area (Å²) in [7, 11) is 0. The second kappa shape index (κ2) is 7.23. The SMILES string of the molecule is Cc1c(Cl)cccc1-c1cc(NCCc2ncccn2)nc(N)n1. The molecule has 1 aromatic carbocycles. The van der Waals surface area contributed by atoms with Crippen LogP contribution in [0.3, 0.4) is 0 Å². The van der Waals surface area contributed by atoms with Gasteiger partial charge in [0.15, 0.2) is 0 Å². The van der Waals surface area contributed by atoms with Crippen molar-refractivity contribution in [2.75, 3.05) is 17.6 Å². The molecule has 3 rings (SSSR count). The van der Waals surface area contributed by atoms with Gasteiger partial charge < -0.3 is 11.1 Å². The Morgan fingerprint density at radius 2 is 1.92 bits per heavy atom. The van der Waals surface area contributed by atoms with E-state index in [9.17, 15) is 0 Å². The number of nitrogens with two attached hydrogens (primary N) is 1. The lowest BCUT2D eigenvalue weighted by atomic mass is 10.1. The lowest BCUT2D eigenvalue weighted by Gasteiger charge is -2.10. The average molecular weight is 341 g/mol. The van der Waals surface area contributed by atoms with E-state index in [-0.39, 0.29) is 5.95 Å². The first-order chi connectivity index (χ1) is 11.6.